The smallest absolute Gasteiger partial charge is 0.410 e. The molecule has 1 spiro atoms. The average molecular weight is 381 g/mol. The van der Waals surface area contributed by atoms with E-state index in [1.165, 1.54) is 12.1 Å². The number of nitrogens with zero attached hydrogens (tertiary/aromatic N) is 2. The number of piperidine rings is 1. The van der Waals surface area contributed by atoms with Crippen LogP contribution in [-0.4, -0.2) is 42.8 Å². The molecule has 1 aromatic rings. The predicted octanol–water partition coefficient (Wildman–Crippen LogP) is 4.29. The number of hydrogen-bond acceptors (Lipinski definition) is 3. The van der Waals surface area contributed by atoms with E-state index in [0.29, 0.717) is 0 Å². The molecule has 1 aromatic carbocycles. The number of benzene rings is 1. The SMILES string of the molecule is CC(C)(C)OC(=O)N1CCCC2(C1)CN(c1ccccc1Br)C2. The van der Waals surface area contributed by atoms with Crippen molar-refractivity contribution in [2.24, 2.45) is 5.41 Å². The van der Waals surface area contributed by atoms with E-state index in [0.717, 1.165) is 37.1 Å². The van der Waals surface area contributed by atoms with Crippen molar-refractivity contribution in [2.75, 3.05) is 31.1 Å². The number of carbonyl (C=O) groups excluding carboxylic acids is 1. The third-order valence-electron chi connectivity index (χ3n) is 4.56. The minimum Gasteiger partial charge on any atom is -0.444 e. The molecule has 2 fully saturated rings. The fraction of sp³-hybridized carbons (Fsp3) is 0.611. The molecule has 126 valence electrons. The highest BCUT2D eigenvalue weighted by Crippen LogP contribution is 2.43. The van der Waals surface area contributed by atoms with Crippen LogP contribution in [0.3, 0.4) is 0 Å². The summed E-state index contributed by atoms with van der Waals surface area (Å²) >= 11 is 3.63. The minimum absolute atomic E-state index is 0.170. The third-order valence-corrected chi connectivity index (χ3v) is 5.23. The molecule has 1 amide bonds. The van der Waals surface area contributed by atoms with Crippen LogP contribution < -0.4 is 4.90 Å². The Labute approximate surface area is 146 Å². The topological polar surface area (TPSA) is 32.8 Å². The number of rotatable bonds is 1. The molecule has 0 atom stereocenters. The lowest BCUT2D eigenvalue weighted by Crippen LogP contribution is -2.64. The molecule has 2 heterocycles. The Kier molecular flexibility index (Phi) is 4.34. The predicted molar refractivity (Wildman–Crippen MR) is 95.8 cm³/mol. The van der Waals surface area contributed by atoms with Crippen LogP contribution in [0.1, 0.15) is 33.6 Å². The van der Waals surface area contributed by atoms with Gasteiger partial charge >= 0.3 is 6.09 Å². The lowest BCUT2D eigenvalue weighted by Gasteiger charge is -2.55. The van der Waals surface area contributed by atoms with E-state index in [2.05, 4.69) is 39.0 Å². The van der Waals surface area contributed by atoms with Gasteiger partial charge in [-0.25, -0.2) is 4.79 Å². The molecule has 0 bridgehead atoms. The van der Waals surface area contributed by atoms with Crippen LogP contribution >= 0.6 is 15.9 Å². The Balaban J connectivity index is 1.62. The van der Waals surface area contributed by atoms with Crippen molar-refractivity contribution in [1.29, 1.82) is 0 Å². The number of amides is 1. The fourth-order valence-electron chi connectivity index (χ4n) is 3.59. The summed E-state index contributed by atoms with van der Waals surface area (Å²) in [5, 5.41) is 0. The van der Waals surface area contributed by atoms with Crippen LogP contribution in [-0.2, 0) is 4.74 Å². The third kappa shape index (κ3) is 3.65. The first-order chi connectivity index (χ1) is 10.8. The van der Waals surface area contributed by atoms with Crippen molar-refractivity contribution in [3.63, 3.8) is 0 Å². The second kappa shape index (κ2) is 6.00. The van der Waals surface area contributed by atoms with Crippen molar-refractivity contribution in [1.82, 2.24) is 4.90 Å². The molecule has 2 aliphatic heterocycles. The van der Waals surface area contributed by atoms with Gasteiger partial charge in [-0.05, 0) is 61.7 Å². The second-order valence-corrected chi connectivity index (χ2v) is 8.67. The molecule has 5 heteroatoms. The molecule has 0 aliphatic carbocycles. The van der Waals surface area contributed by atoms with E-state index >= 15 is 0 Å². The number of ether oxygens (including phenoxy) is 1. The van der Waals surface area contributed by atoms with Gasteiger partial charge in [0.05, 0.1) is 5.69 Å². The zero-order valence-corrected chi connectivity index (χ0v) is 15.7. The highest BCUT2D eigenvalue weighted by molar-refractivity contribution is 9.10. The lowest BCUT2D eigenvalue weighted by atomic mass is 9.73. The van der Waals surface area contributed by atoms with Crippen molar-refractivity contribution < 1.29 is 9.53 Å². The summed E-state index contributed by atoms with van der Waals surface area (Å²) in [4.78, 5) is 16.6. The summed E-state index contributed by atoms with van der Waals surface area (Å²) in [6, 6.07) is 8.33. The van der Waals surface area contributed by atoms with Crippen LogP contribution in [0.5, 0.6) is 0 Å². The number of hydrogen-bond donors (Lipinski definition) is 0. The van der Waals surface area contributed by atoms with Crippen LogP contribution in [0.4, 0.5) is 10.5 Å². The molecule has 0 N–H and O–H groups in total. The zero-order valence-electron chi connectivity index (χ0n) is 14.1. The molecule has 3 rings (SSSR count). The molecule has 4 nitrogen and oxygen atoms in total. The Hall–Kier alpha value is -1.23. The molecule has 0 unspecified atom stereocenters. The molecule has 23 heavy (non-hydrogen) atoms. The van der Waals surface area contributed by atoms with Crippen molar-refractivity contribution in [2.45, 2.75) is 39.2 Å². The lowest BCUT2D eigenvalue weighted by molar-refractivity contribution is -0.00146. The molecule has 0 radical (unpaired) electrons. The summed E-state index contributed by atoms with van der Waals surface area (Å²) in [5.74, 6) is 0. The average Bonchev–Trinajstić information content (AvgIpc) is 2.44. The maximum absolute atomic E-state index is 12.3. The molecular formula is C18H25BrN2O2. The molecule has 2 saturated heterocycles. The molecule has 0 aromatic heterocycles. The Morgan fingerprint density at radius 2 is 1.91 bits per heavy atom. The van der Waals surface area contributed by atoms with Crippen LogP contribution in [0.15, 0.2) is 28.7 Å². The normalized spacial score (nSPS) is 20.3. The van der Waals surface area contributed by atoms with Gasteiger partial charge in [-0.3, -0.25) is 0 Å². The zero-order chi connectivity index (χ0) is 16.7. The maximum Gasteiger partial charge on any atom is 0.410 e. The van der Waals surface area contributed by atoms with Crippen LogP contribution in [0.2, 0.25) is 0 Å². The second-order valence-electron chi connectivity index (χ2n) is 7.81. The summed E-state index contributed by atoms with van der Waals surface area (Å²) in [7, 11) is 0. The van der Waals surface area contributed by atoms with E-state index in [1.807, 2.05) is 31.7 Å². The van der Waals surface area contributed by atoms with E-state index < -0.39 is 5.60 Å². The number of anilines is 1. The number of halogens is 1. The van der Waals surface area contributed by atoms with Gasteiger partial charge in [-0.2, -0.15) is 0 Å². The summed E-state index contributed by atoms with van der Waals surface area (Å²) in [5.41, 5.74) is 1.04. The number of likely N-dealkylation sites (tertiary alicyclic amines) is 1. The van der Waals surface area contributed by atoms with Crippen LogP contribution in [0.25, 0.3) is 0 Å². The molecule has 2 aliphatic rings. The van der Waals surface area contributed by atoms with Gasteiger partial charge in [0.25, 0.3) is 0 Å². The summed E-state index contributed by atoms with van der Waals surface area (Å²) < 4.78 is 6.67. The maximum atomic E-state index is 12.3. The standard InChI is InChI=1S/C18H25BrN2O2/c1-17(2,3)23-16(22)20-10-6-9-18(11-20)12-21(13-18)15-8-5-4-7-14(15)19/h4-5,7-8H,6,9-13H2,1-3H3. The highest BCUT2D eigenvalue weighted by Gasteiger charge is 2.47. The van der Waals surface area contributed by atoms with Gasteiger partial charge in [0, 0.05) is 36.1 Å². The fourth-order valence-corrected chi connectivity index (χ4v) is 4.13. The van der Waals surface area contributed by atoms with E-state index in [-0.39, 0.29) is 11.5 Å². The van der Waals surface area contributed by atoms with E-state index in [9.17, 15) is 4.79 Å². The minimum atomic E-state index is -0.428. The Morgan fingerprint density at radius 3 is 2.57 bits per heavy atom. The summed E-state index contributed by atoms with van der Waals surface area (Å²) in [6.07, 6.45) is 2.08. The number of carbonyl (C=O) groups is 1. The largest absolute Gasteiger partial charge is 0.444 e. The van der Waals surface area contributed by atoms with Crippen molar-refractivity contribution >= 4 is 27.7 Å². The van der Waals surface area contributed by atoms with Gasteiger partial charge in [0.15, 0.2) is 0 Å². The van der Waals surface area contributed by atoms with Gasteiger partial charge in [-0.1, -0.05) is 12.1 Å². The van der Waals surface area contributed by atoms with E-state index in [1.54, 1.807) is 0 Å². The van der Waals surface area contributed by atoms with Crippen molar-refractivity contribution in [3.8, 4) is 0 Å². The van der Waals surface area contributed by atoms with Gasteiger partial charge < -0.3 is 14.5 Å². The van der Waals surface area contributed by atoms with Gasteiger partial charge in [0.1, 0.15) is 5.60 Å². The van der Waals surface area contributed by atoms with Crippen molar-refractivity contribution in [3.05, 3.63) is 28.7 Å². The number of para-hydroxylation sites is 1. The first-order valence-electron chi connectivity index (χ1n) is 8.26. The summed E-state index contributed by atoms with van der Waals surface area (Å²) in [6.45, 7) is 9.40. The quantitative estimate of drug-likeness (QED) is 0.728. The Morgan fingerprint density at radius 1 is 1.22 bits per heavy atom. The Bertz CT molecular complexity index is 591. The van der Waals surface area contributed by atoms with E-state index in [4.69, 9.17) is 4.74 Å². The monoisotopic (exact) mass is 380 g/mol. The van der Waals surface area contributed by atoms with Crippen LogP contribution in [0, 0.1) is 5.41 Å². The van der Waals surface area contributed by atoms with Gasteiger partial charge in [-0.15, -0.1) is 0 Å². The molecule has 0 saturated carbocycles. The first kappa shape index (κ1) is 16.6. The first-order valence-corrected chi connectivity index (χ1v) is 9.05. The highest BCUT2D eigenvalue weighted by atomic mass is 79.9. The van der Waals surface area contributed by atoms with Gasteiger partial charge in [0.2, 0.25) is 0 Å². The molecular weight excluding hydrogens is 356 g/mol.